The lowest BCUT2D eigenvalue weighted by Gasteiger charge is -2.12. The molecule has 0 aliphatic heterocycles. The maximum Gasteiger partial charge on any atom is 0.265 e. The van der Waals surface area contributed by atoms with Gasteiger partial charge in [-0.2, -0.15) is 0 Å². The number of carbonyl (C=O) groups is 1. The van der Waals surface area contributed by atoms with E-state index in [1.807, 2.05) is 0 Å². The average Bonchev–Trinajstić information content (AvgIpc) is 2.00. The summed E-state index contributed by atoms with van der Waals surface area (Å²) in [5, 5.41) is 1.58. The number of aryl methyl sites for hydroxylation is 1. The second kappa shape index (κ2) is 4.06. The topological polar surface area (TPSA) is 71.2 Å². The second-order valence-electron chi connectivity index (χ2n) is 3.26. The van der Waals surface area contributed by atoms with Gasteiger partial charge in [-0.25, -0.2) is 9.99 Å². The summed E-state index contributed by atoms with van der Waals surface area (Å²) >= 11 is 0. The van der Waals surface area contributed by atoms with Crippen LogP contribution in [-0.2, 0) is 0 Å². The van der Waals surface area contributed by atoms with Gasteiger partial charge in [-0.3, -0.25) is 10.2 Å². The first-order chi connectivity index (χ1) is 6.49. The molecule has 0 unspecified atom stereocenters. The van der Waals surface area contributed by atoms with E-state index in [0.717, 1.165) is 5.69 Å². The highest BCUT2D eigenvalue weighted by Gasteiger charge is 2.07. The zero-order valence-electron chi connectivity index (χ0n) is 8.53. The third-order valence-corrected chi connectivity index (χ3v) is 1.56. The molecule has 1 rings (SSSR count). The number of hydrogen-bond acceptors (Lipinski definition) is 4. The van der Waals surface area contributed by atoms with Crippen molar-refractivity contribution in [1.29, 1.82) is 0 Å². The quantitative estimate of drug-likeness (QED) is 0.659. The summed E-state index contributed by atoms with van der Waals surface area (Å²) in [5.74, 6) is 0.168. The Kier molecular flexibility index (Phi) is 3.03. The van der Waals surface area contributed by atoms with E-state index in [0.29, 0.717) is 11.4 Å². The van der Waals surface area contributed by atoms with Crippen LogP contribution < -0.4 is 11.2 Å². The molecule has 0 aromatic carbocycles. The van der Waals surface area contributed by atoms with Crippen LogP contribution >= 0.6 is 0 Å². The van der Waals surface area contributed by atoms with Gasteiger partial charge >= 0.3 is 0 Å². The molecule has 5 nitrogen and oxygen atoms in total. The number of carbonyl (C=O) groups excluding carboxylic acids is 1. The van der Waals surface area contributed by atoms with Crippen molar-refractivity contribution in [2.75, 3.05) is 19.8 Å². The molecular weight excluding hydrogens is 180 g/mol. The third-order valence-electron chi connectivity index (χ3n) is 1.56. The van der Waals surface area contributed by atoms with E-state index in [1.54, 1.807) is 38.2 Å². The molecule has 1 heterocycles. The van der Waals surface area contributed by atoms with E-state index >= 15 is 0 Å². The number of nitrogens with two attached hydrogens (primary N) is 1. The Morgan fingerprint density at radius 2 is 2.14 bits per heavy atom. The first-order valence-corrected chi connectivity index (χ1v) is 4.21. The molecule has 1 aromatic rings. The zero-order valence-corrected chi connectivity index (χ0v) is 8.53. The van der Waals surface area contributed by atoms with Crippen LogP contribution in [0.2, 0.25) is 0 Å². The van der Waals surface area contributed by atoms with Gasteiger partial charge in [-0.05, 0) is 19.1 Å². The minimum atomic E-state index is -0.188. The van der Waals surface area contributed by atoms with Gasteiger partial charge < -0.3 is 5.73 Å². The lowest BCUT2D eigenvalue weighted by atomic mass is 10.2. The van der Waals surface area contributed by atoms with Crippen molar-refractivity contribution in [3.05, 3.63) is 23.4 Å². The fourth-order valence-corrected chi connectivity index (χ4v) is 1.09. The van der Waals surface area contributed by atoms with Gasteiger partial charge in [0.05, 0.1) is 0 Å². The van der Waals surface area contributed by atoms with Crippen molar-refractivity contribution in [3.63, 3.8) is 0 Å². The molecule has 0 fully saturated rings. The lowest BCUT2D eigenvalue weighted by molar-refractivity contribution is 0.0856. The number of pyridine rings is 1. The third kappa shape index (κ3) is 2.70. The summed E-state index contributed by atoms with van der Waals surface area (Å²) in [5.41, 5.74) is 9.40. The highest BCUT2D eigenvalue weighted by atomic mass is 16.2. The number of nitrogen functional groups attached to an aromatic ring is 1. The Hall–Kier alpha value is -1.62. The lowest BCUT2D eigenvalue weighted by Crippen LogP contribution is -2.36. The van der Waals surface area contributed by atoms with Crippen molar-refractivity contribution in [2.24, 2.45) is 0 Å². The minimum absolute atomic E-state index is 0.188. The standard InChI is InChI=1S/C9H14N4O/c1-6-4-7(5-8(10)11-6)9(14)12-13(2)3/h4-5H,1-3H3,(H2,10,11)(H,12,14). The Morgan fingerprint density at radius 1 is 1.50 bits per heavy atom. The van der Waals surface area contributed by atoms with Crippen LogP contribution in [0.4, 0.5) is 5.82 Å². The fraction of sp³-hybridized carbons (Fsp3) is 0.333. The number of nitrogens with zero attached hydrogens (tertiary/aromatic N) is 2. The number of amides is 1. The first-order valence-electron chi connectivity index (χ1n) is 4.21. The monoisotopic (exact) mass is 194 g/mol. The maximum absolute atomic E-state index is 11.5. The molecule has 0 aliphatic rings. The molecule has 3 N–H and O–H groups in total. The molecule has 14 heavy (non-hydrogen) atoms. The van der Waals surface area contributed by atoms with Crippen LogP contribution in [0.3, 0.4) is 0 Å². The van der Waals surface area contributed by atoms with E-state index in [9.17, 15) is 4.79 Å². The SMILES string of the molecule is Cc1cc(C(=O)NN(C)C)cc(N)n1. The molecule has 0 atom stereocenters. The van der Waals surface area contributed by atoms with Crippen LogP contribution in [0.15, 0.2) is 12.1 Å². The molecule has 0 bridgehead atoms. The molecule has 0 saturated heterocycles. The van der Waals surface area contributed by atoms with Gasteiger partial charge in [0.25, 0.3) is 5.91 Å². The predicted molar refractivity (Wildman–Crippen MR) is 54.5 cm³/mol. The highest BCUT2D eigenvalue weighted by Crippen LogP contribution is 2.06. The summed E-state index contributed by atoms with van der Waals surface area (Å²) in [6.45, 7) is 1.79. The summed E-state index contributed by atoms with van der Waals surface area (Å²) in [7, 11) is 3.49. The van der Waals surface area contributed by atoms with Crippen LogP contribution in [-0.4, -0.2) is 30.0 Å². The smallest absolute Gasteiger partial charge is 0.265 e. The van der Waals surface area contributed by atoms with Crippen LogP contribution in [0, 0.1) is 6.92 Å². The Labute approximate surface area is 82.9 Å². The van der Waals surface area contributed by atoms with Crippen LogP contribution in [0.5, 0.6) is 0 Å². The minimum Gasteiger partial charge on any atom is -0.384 e. The zero-order chi connectivity index (χ0) is 10.7. The van der Waals surface area contributed by atoms with E-state index in [2.05, 4.69) is 10.4 Å². The molecular formula is C9H14N4O. The normalized spacial score (nSPS) is 10.3. The molecule has 0 spiro atoms. The molecule has 1 aromatic heterocycles. The Balaban J connectivity index is 2.90. The molecule has 1 amide bonds. The second-order valence-corrected chi connectivity index (χ2v) is 3.26. The van der Waals surface area contributed by atoms with Crippen LogP contribution in [0.25, 0.3) is 0 Å². The van der Waals surface area contributed by atoms with E-state index in [4.69, 9.17) is 5.73 Å². The predicted octanol–water partition coefficient (Wildman–Crippen LogP) is 0.179. The van der Waals surface area contributed by atoms with Crippen molar-refractivity contribution in [3.8, 4) is 0 Å². The summed E-state index contributed by atoms with van der Waals surface area (Å²) in [4.78, 5) is 15.5. The Morgan fingerprint density at radius 3 is 2.64 bits per heavy atom. The van der Waals surface area contributed by atoms with Gasteiger partial charge in [-0.1, -0.05) is 0 Å². The van der Waals surface area contributed by atoms with Gasteiger partial charge in [0.2, 0.25) is 0 Å². The number of hydrazine groups is 1. The molecule has 76 valence electrons. The summed E-state index contributed by atoms with van der Waals surface area (Å²) in [6.07, 6.45) is 0. The van der Waals surface area contributed by atoms with E-state index in [-0.39, 0.29) is 5.91 Å². The first kappa shape index (κ1) is 10.5. The number of rotatable bonds is 2. The molecule has 0 saturated carbocycles. The average molecular weight is 194 g/mol. The van der Waals surface area contributed by atoms with Crippen molar-refractivity contribution in [2.45, 2.75) is 6.92 Å². The maximum atomic E-state index is 11.5. The van der Waals surface area contributed by atoms with Crippen molar-refractivity contribution >= 4 is 11.7 Å². The highest BCUT2D eigenvalue weighted by molar-refractivity contribution is 5.94. The van der Waals surface area contributed by atoms with Gasteiger partial charge in [0.1, 0.15) is 5.82 Å². The van der Waals surface area contributed by atoms with Gasteiger partial charge in [0.15, 0.2) is 0 Å². The molecule has 0 aliphatic carbocycles. The van der Waals surface area contributed by atoms with Crippen LogP contribution in [0.1, 0.15) is 16.1 Å². The van der Waals surface area contributed by atoms with Crippen molar-refractivity contribution in [1.82, 2.24) is 15.4 Å². The molecule has 0 radical (unpaired) electrons. The van der Waals surface area contributed by atoms with Gasteiger partial charge in [-0.15, -0.1) is 0 Å². The number of aromatic nitrogens is 1. The molecule has 5 heteroatoms. The fourth-order valence-electron chi connectivity index (χ4n) is 1.09. The number of anilines is 1. The largest absolute Gasteiger partial charge is 0.384 e. The van der Waals surface area contributed by atoms with E-state index in [1.165, 1.54) is 0 Å². The Bertz CT molecular complexity index is 328. The van der Waals surface area contributed by atoms with Crippen molar-refractivity contribution < 1.29 is 4.79 Å². The summed E-state index contributed by atoms with van der Waals surface area (Å²) < 4.78 is 0. The number of hydrogen-bond donors (Lipinski definition) is 2. The van der Waals surface area contributed by atoms with E-state index < -0.39 is 0 Å². The summed E-state index contributed by atoms with van der Waals surface area (Å²) in [6, 6.07) is 3.24. The van der Waals surface area contributed by atoms with Gasteiger partial charge in [0, 0.05) is 25.4 Å². The number of nitrogens with one attached hydrogen (secondary N) is 1.